The van der Waals surface area contributed by atoms with Crippen LogP contribution in [0.25, 0.3) is 0 Å². The van der Waals surface area contributed by atoms with Crippen molar-refractivity contribution in [2.24, 2.45) is 0 Å². The van der Waals surface area contributed by atoms with Crippen LogP contribution in [-0.4, -0.2) is 39.0 Å². The van der Waals surface area contributed by atoms with E-state index in [0.29, 0.717) is 57.7 Å². The van der Waals surface area contributed by atoms with Crippen LogP contribution in [0.3, 0.4) is 0 Å². The van der Waals surface area contributed by atoms with Crippen LogP contribution in [0.5, 0.6) is 0 Å². The molecule has 1 aliphatic heterocycles. The summed E-state index contributed by atoms with van der Waals surface area (Å²) in [5.74, 6) is 0.107. The van der Waals surface area contributed by atoms with Gasteiger partial charge in [0.15, 0.2) is 5.16 Å². The zero-order valence-corrected chi connectivity index (χ0v) is 18.4. The Hall–Kier alpha value is -2.90. The third-order valence-electron chi connectivity index (χ3n) is 5.16. The molecule has 2 amide bonds. The van der Waals surface area contributed by atoms with Crippen LogP contribution in [0.2, 0.25) is 5.02 Å². The van der Waals surface area contributed by atoms with E-state index in [-0.39, 0.29) is 17.4 Å². The largest absolute Gasteiger partial charge is 0.301 e. The van der Waals surface area contributed by atoms with E-state index < -0.39 is 0 Å². The minimum Gasteiger partial charge on any atom is -0.301 e. The van der Waals surface area contributed by atoms with Gasteiger partial charge in [-0.25, -0.2) is 4.98 Å². The van der Waals surface area contributed by atoms with Crippen LogP contribution < -0.4 is 5.56 Å². The van der Waals surface area contributed by atoms with Gasteiger partial charge in [-0.1, -0.05) is 47.6 Å². The topological polar surface area (TPSA) is 83.1 Å². The minimum atomic E-state index is -0.252. The molecule has 0 saturated carbocycles. The summed E-state index contributed by atoms with van der Waals surface area (Å²) in [5.41, 5.74) is 3.07. The number of thioether (sulfide) groups is 1. The predicted molar refractivity (Wildman–Crippen MR) is 121 cm³/mol. The van der Waals surface area contributed by atoms with Crippen molar-refractivity contribution >= 4 is 35.2 Å². The number of nitrogens with one attached hydrogen (secondary N) is 1. The number of imide groups is 1. The lowest BCUT2D eigenvalue weighted by Crippen LogP contribution is -2.31. The van der Waals surface area contributed by atoms with Gasteiger partial charge >= 0.3 is 0 Å². The number of H-pyrrole nitrogens is 1. The number of carbonyl (C=O) groups excluding carboxylic acids is 2. The molecule has 31 heavy (non-hydrogen) atoms. The maximum absolute atomic E-state index is 12.4. The molecule has 2 heterocycles. The van der Waals surface area contributed by atoms with Gasteiger partial charge in [0, 0.05) is 29.3 Å². The molecule has 0 unspecified atom stereocenters. The van der Waals surface area contributed by atoms with Gasteiger partial charge in [0.25, 0.3) is 17.4 Å². The fourth-order valence-corrected chi connectivity index (χ4v) is 4.36. The second-order valence-electron chi connectivity index (χ2n) is 7.26. The normalized spacial score (nSPS) is 13.0. The Bertz CT molecular complexity index is 1170. The minimum absolute atomic E-state index is 0.165. The van der Waals surface area contributed by atoms with E-state index >= 15 is 0 Å². The van der Waals surface area contributed by atoms with Crippen molar-refractivity contribution in [3.05, 3.63) is 91.9 Å². The Morgan fingerprint density at radius 2 is 1.65 bits per heavy atom. The lowest BCUT2D eigenvalue weighted by Gasteiger charge is -2.13. The van der Waals surface area contributed by atoms with E-state index in [4.69, 9.17) is 11.6 Å². The Morgan fingerprint density at radius 3 is 2.29 bits per heavy atom. The highest BCUT2D eigenvalue weighted by Crippen LogP contribution is 2.23. The molecule has 0 saturated heterocycles. The van der Waals surface area contributed by atoms with E-state index in [1.165, 1.54) is 16.7 Å². The fraction of sp³-hybridized carbons (Fsp3) is 0.217. The summed E-state index contributed by atoms with van der Waals surface area (Å²) in [4.78, 5) is 45.9. The summed E-state index contributed by atoms with van der Waals surface area (Å²) in [7, 11) is 0. The maximum atomic E-state index is 12.4. The number of nitrogens with zero attached hydrogens (tertiary/aromatic N) is 2. The zero-order valence-electron chi connectivity index (χ0n) is 16.9. The van der Waals surface area contributed by atoms with Crippen molar-refractivity contribution in [3.63, 3.8) is 0 Å². The van der Waals surface area contributed by atoms with Gasteiger partial charge in [-0.05, 0) is 43.2 Å². The van der Waals surface area contributed by atoms with Gasteiger partial charge in [-0.15, -0.1) is 0 Å². The fourth-order valence-electron chi connectivity index (χ4n) is 3.43. The van der Waals surface area contributed by atoms with Gasteiger partial charge < -0.3 is 4.98 Å². The van der Waals surface area contributed by atoms with Crippen molar-refractivity contribution in [1.29, 1.82) is 0 Å². The number of rotatable bonds is 7. The number of hydrogen-bond acceptors (Lipinski definition) is 5. The molecule has 2 aromatic carbocycles. The first kappa shape index (κ1) is 21.3. The lowest BCUT2D eigenvalue weighted by atomic mass is 10.1. The monoisotopic (exact) mass is 453 g/mol. The SMILES string of the molecule is Cc1c(Cc2ccc(Cl)cc2)nc(SCCCN2C(=O)c3ccccc3C2=O)[nH]c1=O. The van der Waals surface area contributed by atoms with Crippen molar-refractivity contribution in [2.75, 3.05) is 12.3 Å². The second-order valence-corrected chi connectivity index (χ2v) is 8.78. The Balaban J connectivity index is 1.37. The quantitative estimate of drug-likeness (QED) is 0.252. The molecular formula is C23H20ClN3O3S. The molecule has 1 N–H and O–H groups in total. The highest BCUT2D eigenvalue weighted by molar-refractivity contribution is 7.99. The summed E-state index contributed by atoms with van der Waals surface area (Å²) in [6.45, 7) is 2.08. The molecule has 158 valence electrons. The summed E-state index contributed by atoms with van der Waals surface area (Å²) >= 11 is 7.34. The average Bonchev–Trinajstić information content (AvgIpc) is 3.01. The number of carbonyl (C=O) groups is 2. The second kappa shape index (κ2) is 9.08. The highest BCUT2D eigenvalue weighted by atomic mass is 35.5. The maximum Gasteiger partial charge on any atom is 0.261 e. The molecule has 8 heteroatoms. The molecule has 3 aromatic rings. The molecule has 0 aliphatic carbocycles. The average molecular weight is 454 g/mol. The molecule has 4 rings (SSSR count). The molecule has 0 bridgehead atoms. The van der Waals surface area contributed by atoms with Crippen LogP contribution in [0.4, 0.5) is 0 Å². The van der Waals surface area contributed by atoms with Crippen molar-refractivity contribution < 1.29 is 9.59 Å². The first-order chi connectivity index (χ1) is 14.9. The number of halogens is 1. The number of hydrogen-bond donors (Lipinski definition) is 1. The van der Waals surface area contributed by atoms with E-state index in [1.807, 2.05) is 24.3 Å². The number of aromatic amines is 1. The first-order valence-electron chi connectivity index (χ1n) is 9.86. The number of fused-ring (bicyclic) bond motifs is 1. The summed E-state index contributed by atoms with van der Waals surface area (Å²) in [6.07, 6.45) is 1.13. The third kappa shape index (κ3) is 4.57. The van der Waals surface area contributed by atoms with Crippen molar-refractivity contribution in [1.82, 2.24) is 14.9 Å². The number of amides is 2. The van der Waals surface area contributed by atoms with Crippen LogP contribution in [0.1, 0.15) is 44.0 Å². The van der Waals surface area contributed by atoms with Crippen LogP contribution in [0, 0.1) is 6.92 Å². The van der Waals surface area contributed by atoms with Gasteiger partial charge in [0.05, 0.1) is 16.8 Å². The molecule has 0 fully saturated rings. The standard InChI is InChI=1S/C23H20ClN3O3S/c1-14-19(13-15-7-9-16(24)10-8-15)25-23(26-20(14)28)31-12-4-11-27-21(29)17-5-2-3-6-18(17)22(27)30/h2-3,5-10H,4,11-13H2,1H3,(H,25,26,28). The van der Waals surface area contributed by atoms with Gasteiger partial charge in [-0.2, -0.15) is 0 Å². The summed E-state index contributed by atoms with van der Waals surface area (Å²) < 4.78 is 0. The first-order valence-corrected chi connectivity index (χ1v) is 11.2. The summed E-state index contributed by atoms with van der Waals surface area (Å²) in [5, 5.41) is 1.19. The smallest absolute Gasteiger partial charge is 0.261 e. The Labute approximate surface area is 188 Å². The van der Waals surface area contributed by atoms with E-state index in [2.05, 4.69) is 9.97 Å². The lowest BCUT2D eigenvalue weighted by molar-refractivity contribution is 0.0655. The molecule has 6 nitrogen and oxygen atoms in total. The molecule has 0 atom stereocenters. The van der Waals surface area contributed by atoms with Gasteiger partial charge in [0.2, 0.25) is 0 Å². The highest BCUT2D eigenvalue weighted by Gasteiger charge is 2.34. The predicted octanol–water partition coefficient (Wildman–Crippen LogP) is 4.10. The summed E-state index contributed by atoms with van der Waals surface area (Å²) in [6, 6.07) is 14.3. The molecule has 1 aromatic heterocycles. The van der Waals surface area contributed by atoms with Crippen molar-refractivity contribution in [3.8, 4) is 0 Å². The molecule has 0 spiro atoms. The Morgan fingerprint density at radius 1 is 1.00 bits per heavy atom. The third-order valence-corrected chi connectivity index (χ3v) is 6.37. The Kier molecular flexibility index (Phi) is 6.25. The van der Waals surface area contributed by atoms with Crippen LogP contribution >= 0.6 is 23.4 Å². The zero-order chi connectivity index (χ0) is 22.0. The number of aromatic nitrogens is 2. The molecular weight excluding hydrogens is 434 g/mol. The van der Waals surface area contributed by atoms with Crippen molar-refractivity contribution in [2.45, 2.75) is 24.9 Å². The molecule has 1 aliphatic rings. The number of benzene rings is 2. The van der Waals surface area contributed by atoms with E-state index in [0.717, 1.165) is 5.56 Å². The van der Waals surface area contributed by atoms with Gasteiger partial charge in [-0.3, -0.25) is 19.3 Å². The van der Waals surface area contributed by atoms with E-state index in [1.54, 1.807) is 31.2 Å². The van der Waals surface area contributed by atoms with Crippen LogP contribution in [0.15, 0.2) is 58.5 Å². The van der Waals surface area contributed by atoms with E-state index in [9.17, 15) is 14.4 Å². The molecule has 0 radical (unpaired) electrons. The van der Waals surface area contributed by atoms with Gasteiger partial charge in [0.1, 0.15) is 0 Å². The van der Waals surface area contributed by atoms with Crippen LogP contribution in [-0.2, 0) is 6.42 Å².